The number of ether oxygens (including phenoxy) is 2. The zero-order valence-corrected chi connectivity index (χ0v) is 20.3. The van der Waals surface area contributed by atoms with E-state index in [1.54, 1.807) is 0 Å². The third-order valence-corrected chi connectivity index (χ3v) is 5.07. The van der Waals surface area contributed by atoms with E-state index < -0.39 is 11.7 Å². The maximum absolute atomic E-state index is 12.3. The summed E-state index contributed by atoms with van der Waals surface area (Å²) in [6, 6.07) is 9.56. The molecule has 1 rings (SSSR count). The van der Waals surface area contributed by atoms with Crippen molar-refractivity contribution in [2.24, 2.45) is 5.92 Å². The number of unbranched alkanes of at least 4 members (excludes halogenated alkanes) is 4. The van der Waals surface area contributed by atoms with Crippen molar-refractivity contribution in [3.63, 3.8) is 0 Å². The van der Waals surface area contributed by atoms with Crippen molar-refractivity contribution in [1.82, 2.24) is 5.32 Å². The first-order valence-corrected chi connectivity index (χ1v) is 11.9. The van der Waals surface area contributed by atoms with Crippen molar-refractivity contribution in [3.05, 3.63) is 35.9 Å². The Kier molecular flexibility index (Phi) is 13.3. The first kappa shape index (κ1) is 27.7. The van der Waals surface area contributed by atoms with Crippen molar-refractivity contribution < 1.29 is 23.9 Å². The van der Waals surface area contributed by atoms with E-state index >= 15 is 0 Å². The summed E-state index contributed by atoms with van der Waals surface area (Å²) in [5.41, 5.74) is 0.527. The van der Waals surface area contributed by atoms with Crippen LogP contribution in [0.4, 0.5) is 4.79 Å². The molecule has 180 valence electrons. The first-order valence-electron chi connectivity index (χ1n) is 11.9. The Hall–Kier alpha value is -2.37. The minimum absolute atomic E-state index is 0.0433. The number of hydrogen-bond acceptors (Lipinski definition) is 5. The standard InChI is InChI=1S/C26H41NO5/c1-21(23(28)17-10-5-6-11-18-24(29)32-26(2,3)4)14-12-13-19-27-25(30)31-20-22-15-8-7-9-16-22/h7-9,15-16,21H,5-6,10-14,17-20H2,1-4H3,(H,27,30)/t21-/m0/s1. The van der Waals surface area contributed by atoms with Gasteiger partial charge in [0.2, 0.25) is 0 Å². The lowest BCUT2D eigenvalue weighted by atomic mass is 9.95. The minimum atomic E-state index is -0.429. The second kappa shape index (κ2) is 15.4. The largest absolute Gasteiger partial charge is 0.460 e. The van der Waals surface area contributed by atoms with Gasteiger partial charge in [-0.15, -0.1) is 0 Å². The zero-order chi connectivity index (χ0) is 23.8. The second-order valence-electron chi connectivity index (χ2n) is 9.35. The van der Waals surface area contributed by atoms with Crippen molar-refractivity contribution >= 4 is 17.8 Å². The fourth-order valence-corrected chi connectivity index (χ4v) is 3.26. The molecule has 0 unspecified atom stereocenters. The fourth-order valence-electron chi connectivity index (χ4n) is 3.26. The SMILES string of the molecule is C[C@@H](CCCCNC(=O)OCc1ccccc1)C(=O)CCCCCCC(=O)OC(C)(C)C. The van der Waals surface area contributed by atoms with E-state index in [-0.39, 0.29) is 18.5 Å². The highest BCUT2D eigenvalue weighted by Gasteiger charge is 2.16. The van der Waals surface area contributed by atoms with Gasteiger partial charge in [0, 0.05) is 25.3 Å². The van der Waals surface area contributed by atoms with Crippen molar-refractivity contribution in [1.29, 1.82) is 0 Å². The van der Waals surface area contributed by atoms with E-state index in [4.69, 9.17) is 9.47 Å². The lowest BCUT2D eigenvalue weighted by Crippen LogP contribution is -2.25. The van der Waals surface area contributed by atoms with Gasteiger partial charge in [0.25, 0.3) is 0 Å². The van der Waals surface area contributed by atoms with Crippen LogP contribution in [0.1, 0.15) is 91.0 Å². The number of esters is 1. The number of ketones is 1. The van der Waals surface area contributed by atoms with E-state index in [9.17, 15) is 14.4 Å². The van der Waals surface area contributed by atoms with Crippen LogP contribution < -0.4 is 5.32 Å². The van der Waals surface area contributed by atoms with Crippen LogP contribution in [0.15, 0.2) is 30.3 Å². The van der Waals surface area contributed by atoms with Crippen LogP contribution in [0.5, 0.6) is 0 Å². The summed E-state index contributed by atoms with van der Waals surface area (Å²) in [7, 11) is 0. The molecule has 1 aromatic carbocycles. The Morgan fingerprint density at radius 2 is 1.56 bits per heavy atom. The third-order valence-electron chi connectivity index (χ3n) is 5.07. The van der Waals surface area contributed by atoms with Gasteiger partial charge in [0.1, 0.15) is 18.0 Å². The normalized spacial score (nSPS) is 12.1. The maximum atomic E-state index is 12.3. The summed E-state index contributed by atoms with van der Waals surface area (Å²) in [6.07, 6.45) is 6.73. The van der Waals surface area contributed by atoms with Gasteiger partial charge in [-0.1, -0.05) is 56.5 Å². The number of hydrogen-bond donors (Lipinski definition) is 1. The van der Waals surface area contributed by atoms with Crippen molar-refractivity contribution in [3.8, 4) is 0 Å². The van der Waals surface area contributed by atoms with E-state index in [0.29, 0.717) is 25.2 Å². The van der Waals surface area contributed by atoms with Crippen LogP contribution in [-0.2, 0) is 25.7 Å². The van der Waals surface area contributed by atoms with E-state index in [1.807, 2.05) is 58.0 Å². The number of benzene rings is 1. The Bertz CT molecular complexity index is 681. The number of alkyl carbamates (subject to hydrolysis) is 1. The predicted octanol–water partition coefficient (Wildman–Crippen LogP) is 5.97. The van der Waals surface area contributed by atoms with Crippen LogP contribution in [-0.4, -0.2) is 30.0 Å². The van der Waals surface area contributed by atoms with Gasteiger partial charge >= 0.3 is 12.1 Å². The molecule has 0 fully saturated rings. The Balaban J connectivity index is 1.99. The van der Waals surface area contributed by atoms with Gasteiger partial charge in [-0.05, 0) is 52.0 Å². The van der Waals surface area contributed by atoms with Crippen LogP contribution in [0, 0.1) is 5.92 Å². The average molecular weight is 448 g/mol. The lowest BCUT2D eigenvalue weighted by Gasteiger charge is -2.19. The predicted molar refractivity (Wildman–Crippen MR) is 126 cm³/mol. The zero-order valence-electron chi connectivity index (χ0n) is 20.3. The summed E-state index contributed by atoms with van der Waals surface area (Å²) < 4.78 is 10.5. The summed E-state index contributed by atoms with van der Waals surface area (Å²) in [5, 5.41) is 2.75. The van der Waals surface area contributed by atoms with Gasteiger partial charge in [0.15, 0.2) is 0 Å². The number of carbonyl (C=O) groups is 3. The summed E-state index contributed by atoms with van der Waals surface area (Å²) in [5.74, 6) is 0.190. The van der Waals surface area contributed by atoms with Gasteiger partial charge in [-0.2, -0.15) is 0 Å². The average Bonchev–Trinajstić information content (AvgIpc) is 2.73. The van der Waals surface area contributed by atoms with Crippen LogP contribution in [0.2, 0.25) is 0 Å². The summed E-state index contributed by atoms with van der Waals surface area (Å²) >= 11 is 0. The molecule has 0 aliphatic rings. The molecule has 0 radical (unpaired) electrons. The Morgan fingerprint density at radius 1 is 0.906 bits per heavy atom. The smallest absolute Gasteiger partial charge is 0.407 e. The van der Waals surface area contributed by atoms with Crippen molar-refractivity contribution in [2.45, 2.75) is 97.7 Å². The number of Topliss-reactive ketones (excluding diaryl/α,β-unsaturated/α-hetero) is 1. The molecule has 0 saturated carbocycles. The topological polar surface area (TPSA) is 81.7 Å². The highest BCUT2D eigenvalue weighted by Crippen LogP contribution is 2.15. The maximum Gasteiger partial charge on any atom is 0.407 e. The number of nitrogens with one attached hydrogen (secondary N) is 1. The van der Waals surface area contributed by atoms with Crippen molar-refractivity contribution in [2.75, 3.05) is 6.54 Å². The number of carbonyl (C=O) groups excluding carboxylic acids is 3. The molecule has 6 nitrogen and oxygen atoms in total. The van der Waals surface area contributed by atoms with Crippen LogP contribution >= 0.6 is 0 Å². The van der Waals surface area contributed by atoms with Crippen LogP contribution in [0.25, 0.3) is 0 Å². The molecule has 0 aromatic heterocycles. The Morgan fingerprint density at radius 3 is 2.22 bits per heavy atom. The molecule has 1 amide bonds. The third kappa shape index (κ3) is 14.6. The number of amides is 1. The lowest BCUT2D eigenvalue weighted by molar-refractivity contribution is -0.154. The highest BCUT2D eigenvalue weighted by molar-refractivity contribution is 5.80. The molecule has 1 atom stereocenters. The molecular weight excluding hydrogens is 406 g/mol. The monoisotopic (exact) mass is 447 g/mol. The highest BCUT2D eigenvalue weighted by atomic mass is 16.6. The fraction of sp³-hybridized carbons (Fsp3) is 0.654. The molecule has 0 bridgehead atoms. The number of rotatable bonds is 15. The summed E-state index contributed by atoms with van der Waals surface area (Å²) in [6.45, 7) is 8.40. The van der Waals surface area contributed by atoms with E-state index in [2.05, 4.69) is 5.32 Å². The summed E-state index contributed by atoms with van der Waals surface area (Å²) in [4.78, 5) is 35.6. The molecular formula is C26H41NO5. The quantitative estimate of drug-likeness (QED) is 0.264. The molecule has 0 heterocycles. The van der Waals surface area contributed by atoms with Crippen LogP contribution in [0.3, 0.4) is 0 Å². The molecule has 0 aliphatic carbocycles. The molecule has 1 N–H and O–H groups in total. The minimum Gasteiger partial charge on any atom is -0.460 e. The molecule has 0 spiro atoms. The van der Waals surface area contributed by atoms with Gasteiger partial charge in [-0.3, -0.25) is 9.59 Å². The second-order valence-corrected chi connectivity index (χ2v) is 9.35. The van der Waals surface area contributed by atoms with E-state index in [0.717, 1.165) is 50.5 Å². The van der Waals surface area contributed by atoms with E-state index in [1.165, 1.54) is 0 Å². The van der Waals surface area contributed by atoms with Gasteiger partial charge < -0.3 is 14.8 Å². The Labute approximate surface area is 193 Å². The molecule has 1 aromatic rings. The first-order chi connectivity index (χ1) is 15.2. The molecule has 0 aliphatic heterocycles. The molecule has 6 heteroatoms. The molecule has 32 heavy (non-hydrogen) atoms. The molecule has 0 saturated heterocycles. The van der Waals surface area contributed by atoms with Gasteiger partial charge in [-0.25, -0.2) is 4.79 Å². The van der Waals surface area contributed by atoms with Gasteiger partial charge in [0.05, 0.1) is 0 Å².